The highest BCUT2D eigenvalue weighted by Gasteiger charge is 2.07. The maximum Gasteiger partial charge on any atom is 0.308 e. The van der Waals surface area contributed by atoms with Gasteiger partial charge < -0.3 is 9.47 Å². The van der Waals surface area contributed by atoms with E-state index < -0.39 is 5.97 Å². The molecule has 0 aliphatic carbocycles. The fourth-order valence-corrected chi connectivity index (χ4v) is 2.27. The summed E-state index contributed by atoms with van der Waals surface area (Å²) in [5.41, 5.74) is 4.05. The molecule has 0 aliphatic rings. The number of hydrogen-bond acceptors (Lipinski definition) is 5. The van der Waals surface area contributed by atoms with E-state index in [1.54, 1.807) is 18.2 Å². The predicted molar refractivity (Wildman–Crippen MR) is 97.9 cm³/mol. The highest BCUT2D eigenvalue weighted by Crippen LogP contribution is 2.27. The monoisotopic (exact) mass is 404 g/mol. The van der Waals surface area contributed by atoms with Crippen LogP contribution in [0.1, 0.15) is 18.1 Å². The van der Waals surface area contributed by atoms with Crippen LogP contribution in [0.25, 0.3) is 0 Å². The number of rotatable bonds is 6. The molecule has 0 heterocycles. The van der Waals surface area contributed by atoms with Crippen molar-refractivity contribution in [1.82, 2.24) is 5.43 Å². The lowest BCUT2D eigenvalue weighted by atomic mass is 10.1. The van der Waals surface area contributed by atoms with Gasteiger partial charge in [-0.15, -0.1) is 0 Å². The van der Waals surface area contributed by atoms with Gasteiger partial charge in [-0.25, -0.2) is 5.43 Å². The van der Waals surface area contributed by atoms with Gasteiger partial charge in [-0.05, 0) is 41.5 Å². The van der Waals surface area contributed by atoms with Crippen LogP contribution in [0, 0.1) is 0 Å². The Balaban J connectivity index is 1.95. The maximum absolute atomic E-state index is 11.9. The smallest absolute Gasteiger partial charge is 0.308 e. The zero-order chi connectivity index (χ0) is 18.2. The second-order valence-corrected chi connectivity index (χ2v) is 6.02. The second kappa shape index (κ2) is 8.98. The van der Waals surface area contributed by atoms with Crippen molar-refractivity contribution in [3.8, 4) is 11.5 Å². The number of hydrogen-bond donors (Lipinski definition) is 1. The van der Waals surface area contributed by atoms with Crippen LogP contribution in [0.4, 0.5) is 0 Å². The Hall–Kier alpha value is -2.67. The van der Waals surface area contributed by atoms with Crippen molar-refractivity contribution < 1.29 is 19.1 Å². The van der Waals surface area contributed by atoms with Crippen molar-refractivity contribution >= 4 is 34.0 Å². The molecule has 0 bridgehead atoms. The SMILES string of the molecule is COc1cc(/C=N/NC(=O)Cc2ccc(Br)cc2)ccc1OC(C)=O. The topological polar surface area (TPSA) is 77.0 Å². The number of ether oxygens (including phenoxy) is 2. The van der Waals surface area contributed by atoms with Crippen LogP contribution in [-0.4, -0.2) is 25.2 Å². The molecule has 0 aliphatic heterocycles. The molecule has 2 aromatic rings. The molecular formula is C18H17BrN2O4. The molecule has 0 atom stereocenters. The molecule has 2 rings (SSSR count). The van der Waals surface area contributed by atoms with Crippen LogP contribution in [0.5, 0.6) is 11.5 Å². The number of esters is 1. The van der Waals surface area contributed by atoms with Crippen molar-refractivity contribution in [2.75, 3.05) is 7.11 Å². The van der Waals surface area contributed by atoms with E-state index in [2.05, 4.69) is 26.5 Å². The predicted octanol–water partition coefficient (Wildman–Crippen LogP) is 3.08. The molecule has 130 valence electrons. The van der Waals surface area contributed by atoms with E-state index in [0.29, 0.717) is 17.1 Å². The Morgan fingerprint density at radius 1 is 1.16 bits per heavy atom. The molecule has 0 spiro atoms. The lowest BCUT2D eigenvalue weighted by Gasteiger charge is -2.08. The molecule has 1 amide bonds. The molecule has 0 radical (unpaired) electrons. The fourth-order valence-electron chi connectivity index (χ4n) is 2.01. The number of methoxy groups -OCH3 is 1. The van der Waals surface area contributed by atoms with Gasteiger partial charge in [0.1, 0.15) is 0 Å². The first-order chi connectivity index (χ1) is 12.0. The minimum absolute atomic E-state index is 0.220. The first kappa shape index (κ1) is 18.7. The molecule has 1 N–H and O–H groups in total. The van der Waals surface area contributed by atoms with E-state index >= 15 is 0 Å². The van der Waals surface area contributed by atoms with Gasteiger partial charge in [0.05, 0.1) is 19.7 Å². The lowest BCUT2D eigenvalue weighted by molar-refractivity contribution is -0.132. The van der Waals surface area contributed by atoms with Gasteiger partial charge in [0.2, 0.25) is 5.91 Å². The summed E-state index contributed by atoms with van der Waals surface area (Å²) >= 11 is 3.35. The maximum atomic E-state index is 11.9. The summed E-state index contributed by atoms with van der Waals surface area (Å²) in [6.45, 7) is 1.32. The van der Waals surface area contributed by atoms with Gasteiger partial charge in [-0.1, -0.05) is 28.1 Å². The van der Waals surface area contributed by atoms with Crippen molar-refractivity contribution in [2.45, 2.75) is 13.3 Å². The summed E-state index contributed by atoms with van der Waals surface area (Å²) in [4.78, 5) is 22.9. The second-order valence-electron chi connectivity index (χ2n) is 5.10. The lowest BCUT2D eigenvalue weighted by Crippen LogP contribution is -2.19. The van der Waals surface area contributed by atoms with Crippen molar-refractivity contribution in [2.24, 2.45) is 5.10 Å². The van der Waals surface area contributed by atoms with E-state index in [4.69, 9.17) is 9.47 Å². The molecule has 25 heavy (non-hydrogen) atoms. The summed E-state index contributed by atoms with van der Waals surface area (Å²) in [5, 5.41) is 3.92. The largest absolute Gasteiger partial charge is 0.493 e. The summed E-state index contributed by atoms with van der Waals surface area (Å²) in [7, 11) is 1.48. The van der Waals surface area contributed by atoms with Crippen LogP contribution in [-0.2, 0) is 16.0 Å². The molecular weight excluding hydrogens is 388 g/mol. The molecule has 0 saturated heterocycles. The minimum atomic E-state index is -0.431. The van der Waals surface area contributed by atoms with E-state index in [-0.39, 0.29) is 12.3 Å². The van der Waals surface area contributed by atoms with Gasteiger partial charge in [-0.2, -0.15) is 5.10 Å². The Labute approximate surface area is 154 Å². The molecule has 0 aromatic heterocycles. The van der Waals surface area contributed by atoms with Gasteiger partial charge in [-0.3, -0.25) is 9.59 Å². The third-order valence-corrected chi connectivity index (χ3v) is 3.65. The summed E-state index contributed by atoms with van der Waals surface area (Å²) in [5.74, 6) is 0.0776. The first-order valence-corrected chi connectivity index (χ1v) is 8.20. The fraction of sp³-hybridized carbons (Fsp3) is 0.167. The van der Waals surface area contributed by atoms with Gasteiger partial charge >= 0.3 is 5.97 Å². The summed E-state index contributed by atoms with van der Waals surface area (Å²) in [6, 6.07) is 12.4. The van der Waals surface area contributed by atoms with Crippen LogP contribution < -0.4 is 14.9 Å². The van der Waals surface area contributed by atoms with Crippen LogP contribution in [0.15, 0.2) is 52.0 Å². The number of carbonyl (C=O) groups is 2. The average Bonchev–Trinajstić information content (AvgIpc) is 2.57. The van der Waals surface area contributed by atoms with Crippen LogP contribution in [0.3, 0.4) is 0 Å². The molecule has 0 unspecified atom stereocenters. The molecule has 0 fully saturated rings. The number of halogens is 1. The number of carbonyl (C=O) groups excluding carboxylic acids is 2. The molecule has 0 saturated carbocycles. The van der Waals surface area contributed by atoms with Gasteiger partial charge in [0, 0.05) is 11.4 Å². The Morgan fingerprint density at radius 3 is 2.52 bits per heavy atom. The summed E-state index contributed by atoms with van der Waals surface area (Å²) < 4.78 is 11.2. The van der Waals surface area contributed by atoms with Gasteiger partial charge in [0.15, 0.2) is 11.5 Å². The Bertz CT molecular complexity index is 788. The summed E-state index contributed by atoms with van der Waals surface area (Å²) in [6.07, 6.45) is 1.72. The van der Waals surface area contributed by atoms with Crippen LogP contribution in [0.2, 0.25) is 0 Å². The van der Waals surface area contributed by atoms with Gasteiger partial charge in [0.25, 0.3) is 0 Å². The number of hydrazone groups is 1. The Morgan fingerprint density at radius 2 is 1.88 bits per heavy atom. The van der Waals surface area contributed by atoms with Crippen molar-refractivity contribution in [3.05, 3.63) is 58.1 Å². The highest BCUT2D eigenvalue weighted by molar-refractivity contribution is 9.10. The van der Waals surface area contributed by atoms with E-state index in [1.165, 1.54) is 20.2 Å². The normalized spacial score (nSPS) is 10.5. The quantitative estimate of drug-likeness (QED) is 0.347. The van der Waals surface area contributed by atoms with Crippen molar-refractivity contribution in [1.29, 1.82) is 0 Å². The average molecular weight is 405 g/mol. The van der Waals surface area contributed by atoms with Crippen molar-refractivity contribution in [3.63, 3.8) is 0 Å². The highest BCUT2D eigenvalue weighted by atomic mass is 79.9. The third kappa shape index (κ3) is 6.04. The molecule has 6 nitrogen and oxygen atoms in total. The number of nitrogens with one attached hydrogen (secondary N) is 1. The van der Waals surface area contributed by atoms with E-state index in [1.807, 2.05) is 24.3 Å². The molecule has 2 aromatic carbocycles. The minimum Gasteiger partial charge on any atom is -0.493 e. The third-order valence-electron chi connectivity index (χ3n) is 3.12. The Kier molecular flexibility index (Phi) is 6.71. The number of amides is 1. The zero-order valence-electron chi connectivity index (χ0n) is 13.8. The number of nitrogens with zero attached hydrogens (tertiary/aromatic N) is 1. The zero-order valence-corrected chi connectivity index (χ0v) is 15.4. The van der Waals surface area contributed by atoms with E-state index in [9.17, 15) is 9.59 Å². The number of benzene rings is 2. The van der Waals surface area contributed by atoms with Crippen LogP contribution >= 0.6 is 15.9 Å². The molecule has 7 heteroatoms. The first-order valence-electron chi connectivity index (χ1n) is 7.40. The van der Waals surface area contributed by atoms with E-state index in [0.717, 1.165) is 10.0 Å². The standard InChI is InChI=1S/C18H17BrN2O4/c1-12(22)25-16-8-5-14(9-17(16)24-2)11-20-21-18(23)10-13-3-6-15(19)7-4-13/h3-9,11H,10H2,1-2H3,(H,21,23)/b20-11+.